The number of hydrogen-bond acceptors (Lipinski definition) is 2. The van der Waals surface area contributed by atoms with Crippen LogP contribution in [0.1, 0.15) is 37.4 Å². The van der Waals surface area contributed by atoms with Crippen LogP contribution in [-0.2, 0) is 4.74 Å². The molecule has 0 heterocycles. The normalized spacial score (nSPS) is 18.5. The van der Waals surface area contributed by atoms with Crippen molar-refractivity contribution in [1.29, 1.82) is 0 Å². The van der Waals surface area contributed by atoms with Gasteiger partial charge < -0.3 is 9.84 Å². The Bertz CT molecular complexity index is 280. The second-order valence-electron chi connectivity index (χ2n) is 4.14. The Morgan fingerprint density at radius 1 is 1.27 bits per heavy atom. The van der Waals surface area contributed by atoms with Crippen molar-refractivity contribution in [2.45, 2.75) is 37.9 Å². The SMILES string of the molecule is OC(CCOC1CCC1)c1ccccc1. The molecule has 0 spiro atoms. The average Bonchev–Trinajstić information content (AvgIpc) is 2.23. The fourth-order valence-electron chi connectivity index (χ4n) is 1.73. The first-order valence-corrected chi connectivity index (χ1v) is 5.71. The summed E-state index contributed by atoms with van der Waals surface area (Å²) >= 11 is 0. The van der Waals surface area contributed by atoms with Crippen LogP contribution >= 0.6 is 0 Å². The van der Waals surface area contributed by atoms with Crippen molar-refractivity contribution >= 4 is 0 Å². The molecule has 1 aromatic carbocycles. The predicted molar refractivity (Wildman–Crippen MR) is 59.6 cm³/mol. The van der Waals surface area contributed by atoms with Gasteiger partial charge in [-0.3, -0.25) is 0 Å². The second kappa shape index (κ2) is 5.29. The van der Waals surface area contributed by atoms with Crippen LogP contribution in [0.25, 0.3) is 0 Å². The molecule has 15 heavy (non-hydrogen) atoms. The Morgan fingerprint density at radius 2 is 2.00 bits per heavy atom. The van der Waals surface area contributed by atoms with Crippen LogP contribution in [0.5, 0.6) is 0 Å². The Morgan fingerprint density at radius 3 is 2.60 bits per heavy atom. The second-order valence-corrected chi connectivity index (χ2v) is 4.14. The van der Waals surface area contributed by atoms with Gasteiger partial charge in [-0.1, -0.05) is 30.3 Å². The highest BCUT2D eigenvalue weighted by Crippen LogP contribution is 2.23. The van der Waals surface area contributed by atoms with E-state index in [1.54, 1.807) is 0 Å². The fraction of sp³-hybridized carbons (Fsp3) is 0.538. The molecule has 1 saturated carbocycles. The van der Waals surface area contributed by atoms with Crippen molar-refractivity contribution in [1.82, 2.24) is 0 Å². The highest BCUT2D eigenvalue weighted by molar-refractivity contribution is 5.16. The number of hydrogen-bond donors (Lipinski definition) is 1. The minimum atomic E-state index is -0.383. The summed E-state index contributed by atoms with van der Waals surface area (Å²) in [6, 6.07) is 9.76. The lowest BCUT2D eigenvalue weighted by Crippen LogP contribution is -2.22. The molecule has 1 atom stereocenters. The van der Waals surface area contributed by atoms with E-state index < -0.39 is 0 Å². The third-order valence-electron chi connectivity index (χ3n) is 2.98. The number of aliphatic hydroxyl groups excluding tert-OH is 1. The van der Waals surface area contributed by atoms with E-state index >= 15 is 0 Å². The van der Waals surface area contributed by atoms with E-state index in [0.29, 0.717) is 19.1 Å². The Labute approximate surface area is 90.9 Å². The van der Waals surface area contributed by atoms with Crippen LogP contribution in [0.15, 0.2) is 30.3 Å². The van der Waals surface area contributed by atoms with Gasteiger partial charge in [-0.15, -0.1) is 0 Å². The van der Waals surface area contributed by atoms with Crippen LogP contribution in [-0.4, -0.2) is 17.8 Å². The standard InChI is InChI=1S/C13H18O2/c14-13(11-5-2-1-3-6-11)9-10-15-12-7-4-8-12/h1-3,5-6,12-14H,4,7-10H2. The van der Waals surface area contributed by atoms with Gasteiger partial charge in [0.05, 0.1) is 12.2 Å². The van der Waals surface area contributed by atoms with Crippen LogP contribution in [0.2, 0.25) is 0 Å². The number of rotatable bonds is 5. The molecule has 2 rings (SSSR count). The minimum absolute atomic E-state index is 0.383. The lowest BCUT2D eigenvalue weighted by Gasteiger charge is -2.26. The molecule has 2 heteroatoms. The molecule has 0 radical (unpaired) electrons. The highest BCUT2D eigenvalue weighted by atomic mass is 16.5. The van der Waals surface area contributed by atoms with Gasteiger partial charge in [0.25, 0.3) is 0 Å². The summed E-state index contributed by atoms with van der Waals surface area (Å²) in [7, 11) is 0. The molecule has 1 N–H and O–H groups in total. The average molecular weight is 206 g/mol. The van der Waals surface area contributed by atoms with Crippen molar-refractivity contribution in [3.63, 3.8) is 0 Å². The molecule has 0 aromatic heterocycles. The molecule has 1 fully saturated rings. The Kier molecular flexibility index (Phi) is 3.75. The van der Waals surface area contributed by atoms with Gasteiger partial charge in [0, 0.05) is 13.0 Å². The first-order valence-electron chi connectivity index (χ1n) is 5.71. The van der Waals surface area contributed by atoms with Crippen LogP contribution in [0.4, 0.5) is 0 Å². The maximum atomic E-state index is 9.84. The lowest BCUT2D eigenvalue weighted by molar-refractivity contribution is -0.0129. The van der Waals surface area contributed by atoms with Gasteiger partial charge in [-0.25, -0.2) is 0 Å². The molecule has 1 aliphatic rings. The molecular formula is C13H18O2. The molecule has 1 unspecified atom stereocenters. The van der Waals surface area contributed by atoms with Crippen LogP contribution in [0.3, 0.4) is 0 Å². The predicted octanol–water partition coefficient (Wildman–Crippen LogP) is 2.68. The minimum Gasteiger partial charge on any atom is -0.388 e. The van der Waals surface area contributed by atoms with E-state index in [2.05, 4.69) is 0 Å². The van der Waals surface area contributed by atoms with Gasteiger partial charge in [0.1, 0.15) is 0 Å². The van der Waals surface area contributed by atoms with E-state index in [4.69, 9.17) is 4.74 Å². The monoisotopic (exact) mass is 206 g/mol. The van der Waals surface area contributed by atoms with Gasteiger partial charge >= 0.3 is 0 Å². The smallest absolute Gasteiger partial charge is 0.0812 e. The molecule has 82 valence electrons. The first kappa shape index (κ1) is 10.7. The van der Waals surface area contributed by atoms with Gasteiger partial charge in [-0.2, -0.15) is 0 Å². The van der Waals surface area contributed by atoms with Gasteiger partial charge in [0.2, 0.25) is 0 Å². The summed E-state index contributed by atoms with van der Waals surface area (Å²) in [6.07, 6.45) is 4.47. The zero-order valence-electron chi connectivity index (χ0n) is 8.93. The number of benzene rings is 1. The highest BCUT2D eigenvalue weighted by Gasteiger charge is 2.18. The van der Waals surface area contributed by atoms with Gasteiger partial charge in [-0.05, 0) is 24.8 Å². The van der Waals surface area contributed by atoms with E-state index in [1.807, 2.05) is 30.3 Å². The van der Waals surface area contributed by atoms with Crippen molar-refractivity contribution in [3.8, 4) is 0 Å². The van der Waals surface area contributed by atoms with Crippen molar-refractivity contribution in [3.05, 3.63) is 35.9 Å². The van der Waals surface area contributed by atoms with Crippen molar-refractivity contribution in [2.75, 3.05) is 6.61 Å². The van der Waals surface area contributed by atoms with Crippen LogP contribution < -0.4 is 0 Å². The van der Waals surface area contributed by atoms with Crippen molar-refractivity contribution in [2.24, 2.45) is 0 Å². The van der Waals surface area contributed by atoms with Gasteiger partial charge in [0.15, 0.2) is 0 Å². The Hall–Kier alpha value is -0.860. The summed E-state index contributed by atoms with van der Waals surface area (Å²) in [5.74, 6) is 0. The maximum absolute atomic E-state index is 9.84. The summed E-state index contributed by atoms with van der Waals surface area (Å²) in [4.78, 5) is 0. The zero-order valence-corrected chi connectivity index (χ0v) is 8.93. The molecule has 0 aliphatic heterocycles. The molecular weight excluding hydrogens is 188 g/mol. The molecule has 0 amide bonds. The number of ether oxygens (including phenoxy) is 1. The van der Waals surface area contributed by atoms with Crippen molar-refractivity contribution < 1.29 is 9.84 Å². The molecule has 0 saturated heterocycles. The van der Waals surface area contributed by atoms with E-state index in [9.17, 15) is 5.11 Å². The third kappa shape index (κ3) is 3.05. The summed E-state index contributed by atoms with van der Waals surface area (Å²) in [6.45, 7) is 0.667. The van der Waals surface area contributed by atoms with E-state index in [1.165, 1.54) is 19.3 Å². The lowest BCUT2D eigenvalue weighted by atomic mass is 9.96. The zero-order chi connectivity index (χ0) is 10.5. The largest absolute Gasteiger partial charge is 0.388 e. The third-order valence-corrected chi connectivity index (χ3v) is 2.98. The first-order chi connectivity index (χ1) is 7.36. The summed E-state index contributed by atoms with van der Waals surface area (Å²) in [5.41, 5.74) is 0.981. The topological polar surface area (TPSA) is 29.5 Å². The fourth-order valence-corrected chi connectivity index (χ4v) is 1.73. The molecule has 1 aliphatic carbocycles. The summed E-state index contributed by atoms with van der Waals surface area (Å²) in [5, 5.41) is 9.84. The van der Waals surface area contributed by atoms with E-state index in [-0.39, 0.29) is 6.10 Å². The maximum Gasteiger partial charge on any atom is 0.0812 e. The molecule has 2 nitrogen and oxygen atoms in total. The Balaban J connectivity index is 1.70. The molecule has 0 bridgehead atoms. The molecule has 1 aromatic rings. The van der Waals surface area contributed by atoms with E-state index in [0.717, 1.165) is 5.56 Å². The number of aliphatic hydroxyl groups is 1. The summed E-state index contributed by atoms with van der Waals surface area (Å²) < 4.78 is 5.61. The quantitative estimate of drug-likeness (QED) is 0.802. The van der Waals surface area contributed by atoms with Crippen LogP contribution in [0, 0.1) is 0 Å².